The first-order valence-electron chi connectivity index (χ1n) is 7.55. The number of rotatable bonds is 4. The number of anilines is 1. The van der Waals surface area contributed by atoms with Gasteiger partial charge in [-0.25, -0.2) is 4.98 Å². The van der Waals surface area contributed by atoms with E-state index in [-0.39, 0.29) is 5.91 Å². The lowest BCUT2D eigenvalue weighted by atomic mass is 10.0. The van der Waals surface area contributed by atoms with E-state index in [9.17, 15) is 4.79 Å². The van der Waals surface area contributed by atoms with Crippen LogP contribution in [0.5, 0.6) is 0 Å². The summed E-state index contributed by atoms with van der Waals surface area (Å²) in [5, 5.41) is 5.10. The van der Waals surface area contributed by atoms with Crippen LogP contribution in [0.1, 0.15) is 15.9 Å². The second-order valence-electron chi connectivity index (χ2n) is 5.45. The summed E-state index contributed by atoms with van der Waals surface area (Å²) in [5.41, 5.74) is 1.79. The second-order valence-corrected chi connectivity index (χ2v) is 5.45. The molecule has 0 aliphatic heterocycles. The highest BCUT2D eigenvalue weighted by Gasteiger charge is 2.15. The largest absolute Gasteiger partial charge is 0.355 e. The van der Waals surface area contributed by atoms with Crippen molar-refractivity contribution in [1.82, 2.24) is 10.3 Å². The van der Waals surface area contributed by atoms with E-state index in [1.807, 2.05) is 24.1 Å². The zero-order chi connectivity index (χ0) is 16.2. The van der Waals surface area contributed by atoms with Crippen molar-refractivity contribution in [1.29, 1.82) is 0 Å². The zero-order valence-electron chi connectivity index (χ0n) is 13.3. The monoisotopic (exact) mass is 305 g/mol. The molecular formula is C19H19N3O. The van der Waals surface area contributed by atoms with E-state index in [0.717, 1.165) is 0 Å². The third-order valence-corrected chi connectivity index (χ3v) is 3.91. The van der Waals surface area contributed by atoms with E-state index in [4.69, 9.17) is 0 Å². The lowest BCUT2D eigenvalue weighted by Gasteiger charge is -2.21. The molecule has 3 aromatic rings. The first kappa shape index (κ1) is 15.0. The molecule has 0 bridgehead atoms. The number of nitrogens with zero attached hydrogens (tertiary/aromatic N) is 2. The molecular weight excluding hydrogens is 286 g/mol. The van der Waals surface area contributed by atoms with Gasteiger partial charge in [-0.2, -0.15) is 0 Å². The maximum atomic E-state index is 12.0. The lowest BCUT2D eigenvalue weighted by molar-refractivity contribution is 0.0963. The molecule has 0 aliphatic carbocycles. The minimum Gasteiger partial charge on any atom is -0.355 e. The smallest absolute Gasteiger partial charge is 0.254 e. The summed E-state index contributed by atoms with van der Waals surface area (Å²) < 4.78 is 0. The Hall–Kier alpha value is -2.88. The molecule has 0 saturated carbocycles. The summed E-state index contributed by atoms with van der Waals surface area (Å²) in [4.78, 5) is 18.4. The number of benzene rings is 2. The standard InChI is InChI=1S/C19H19N3O/c1-20-19(23)17-11-6-12-21-18(17)22(2)13-15-9-5-8-14-7-3-4-10-16(14)15/h3-12H,13H2,1-2H3,(H,20,23). The summed E-state index contributed by atoms with van der Waals surface area (Å²) in [6.07, 6.45) is 1.71. The number of carbonyl (C=O) groups is 1. The van der Waals surface area contributed by atoms with Gasteiger partial charge in [-0.1, -0.05) is 42.5 Å². The van der Waals surface area contributed by atoms with Crippen LogP contribution < -0.4 is 10.2 Å². The van der Waals surface area contributed by atoms with Crippen LogP contribution >= 0.6 is 0 Å². The average Bonchev–Trinajstić information content (AvgIpc) is 2.61. The molecule has 2 aromatic carbocycles. The number of amides is 1. The van der Waals surface area contributed by atoms with Crippen LogP contribution in [-0.4, -0.2) is 25.0 Å². The molecule has 4 heteroatoms. The topological polar surface area (TPSA) is 45.2 Å². The molecule has 1 N–H and O–H groups in total. The molecule has 0 spiro atoms. The van der Waals surface area contributed by atoms with E-state index in [1.54, 1.807) is 25.4 Å². The van der Waals surface area contributed by atoms with Gasteiger partial charge in [0.25, 0.3) is 5.91 Å². The predicted octanol–water partition coefficient (Wildman–Crippen LogP) is 3.23. The van der Waals surface area contributed by atoms with Crippen molar-refractivity contribution in [3.05, 3.63) is 71.9 Å². The lowest BCUT2D eigenvalue weighted by Crippen LogP contribution is -2.25. The first-order chi connectivity index (χ1) is 11.2. The quantitative estimate of drug-likeness (QED) is 0.805. The van der Waals surface area contributed by atoms with Crippen molar-refractivity contribution in [2.75, 3.05) is 19.0 Å². The Morgan fingerprint density at radius 1 is 1.09 bits per heavy atom. The SMILES string of the molecule is CNC(=O)c1cccnc1N(C)Cc1cccc2ccccc12. The fourth-order valence-electron chi connectivity index (χ4n) is 2.77. The van der Waals surface area contributed by atoms with Crippen molar-refractivity contribution in [2.24, 2.45) is 0 Å². The Kier molecular flexibility index (Phi) is 4.24. The van der Waals surface area contributed by atoms with Crippen molar-refractivity contribution >= 4 is 22.5 Å². The number of pyridine rings is 1. The van der Waals surface area contributed by atoms with E-state index in [2.05, 4.69) is 40.6 Å². The van der Waals surface area contributed by atoms with Crippen LogP contribution in [0.15, 0.2) is 60.8 Å². The van der Waals surface area contributed by atoms with Crippen LogP contribution in [0.4, 0.5) is 5.82 Å². The van der Waals surface area contributed by atoms with Crippen molar-refractivity contribution < 1.29 is 4.79 Å². The number of aromatic nitrogens is 1. The average molecular weight is 305 g/mol. The van der Waals surface area contributed by atoms with Gasteiger partial charge in [0.2, 0.25) is 0 Å². The number of fused-ring (bicyclic) bond motifs is 1. The van der Waals surface area contributed by atoms with Gasteiger partial charge in [-0.15, -0.1) is 0 Å². The molecule has 4 nitrogen and oxygen atoms in total. The Morgan fingerprint density at radius 3 is 2.70 bits per heavy atom. The van der Waals surface area contributed by atoms with Crippen LogP contribution in [0, 0.1) is 0 Å². The number of hydrogen-bond donors (Lipinski definition) is 1. The summed E-state index contributed by atoms with van der Waals surface area (Å²) in [5.74, 6) is 0.553. The van der Waals surface area contributed by atoms with E-state index in [0.29, 0.717) is 17.9 Å². The highest BCUT2D eigenvalue weighted by Crippen LogP contribution is 2.23. The molecule has 0 saturated heterocycles. The van der Waals surface area contributed by atoms with Crippen LogP contribution in [-0.2, 0) is 6.54 Å². The molecule has 0 fully saturated rings. The summed E-state index contributed by atoms with van der Waals surface area (Å²) in [6.45, 7) is 0.683. The van der Waals surface area contributed by atoms with Crippen molar-refractivity contribution in [2.45, 2.75) is 6.54 Å². The Labute approximate surface area is 135 Å². The van der Waals surface area contributed by atoms with Crippen molar-refractivity contribution in [3.63, 3.8) is 0 Å². The van der Waals surface area contributed by atoms with Gasteiger partial charge in [-0.3, -0.25) is 4.79 Å². The molecule has 0 radical (unpaired) electrons. The molecule has 0 unspecified atom stereocenters. The van der Waals surface area contributed by atoms with E-state index < -0.39 is 0 Å². The minimum atomic E-state index is -0.127. The van der Waals surface area contributed by atoms with Gasteiger partial charge in [0, 0.05) is 26.8 Å². The van der Waals surface area contributed by atoms with Crippen LogP contribution in [0.2, 0.25) is 0 Å². The Bertz CT molecular complexity index is 839. The molecule has 1 aromatic heterocycles. The molecule has 1 amide bonds. The second kappa shape index (κ2) is 6.48. The van der Waals surface area contributed by atoms with Gasteiger partial charge >= 0.3 is 0 Å². The van der Waals surface area contributed by atoms with Gasteiger partial charge in [0.15, 0.2) is 0 Å². The highest BCUT2D eigenvalue weighted by molar-refractivity contribution is 5.98. The van der Waals surface area contributed by atoms with Crippen LogP contribution in [0.3, 0.4) is 0 Å². The molecule has 1 heterocycles. The molecule has 0 atom stereocenters. The number of hydrogen-bond acceptors (Lipinski definition) is 3. The number of carbonyl (C=O) groups excluding carboxylic acids is 1. The fourth-order valence-corrected chi connectivity index (χ4v) is 2.77. The summed E-state index contributed by atoms with van der Waals surface area (Å²) in [6, 6.07) is 18.2. The van der Waals surface area contributed by atoms with Gasteiger partial charge in [0.05, 0.1) is 5.56 Å². The molecule has 3 rings (SSSR count). The van der Waals surface area contributed by atoms with Crippen LogP contribution in [0.25, 0.3) is 10.8 Å². The third kappa shape index (κ3) is 3.01. The minimum absolute atomic E-state index is 0.127. The predicted molar refractivity (Wildman–Crippen MR) is 93.7 cm³/mol. The molecule has 23 heavy (non-hydrogen) atoms. The fraction of sp³-hybridized carbons (Fsp3) is 0.158. The zero-order valence-corrected chi connectivity index (χ0v) is 13.3. The normalized spacial score (nSPS) is 10.5. The maximum absolute atomic E-state index is 12.0. The summed E-state index contributed by atoms with van der Waals surface area (Å²) >= 11 is 0. The molecule has 0 aliphatic rings. The highest BCUT2D eigenvalue weighted by atomic mass is 16.1. The van der Waals surface area contributed by atoms with Crippen molar-refractivity contribution in [3.8, 4) is 0 Å². The first-order valence-corrected chi connectivity index (χ1v) is 7.55. The Balaban J connectivity index is 1.96. The molecule has 116 valence electrons. The third-order valence-electron chi connectivity index (χ3n) is 3.91. The van der Waals surface area contributed by atoms with Gasteiger partial charge in [-0.05, 0) is 28.5 Å². The van der Waals surface area contributed by atoms with E-state index in [1.165, 1.54) is 16.3 Å². The van der Waals surface area contributed by atoms with Gasteiger partial charge in [0.1, 0.15) is 5.82 Å². The maximum Gasteiger partial charge on any atom is 0.254 e. The van der Waals surface area contributed by atoms with E-state index >= 15 is 0 Å². The Morgan fingerprint density at radius 2 is 1.87 bits per heavy atom. The number of nitrogens with one attached hydrogen (secondary N) is 1. The van der Waals surface area contributed by atoms with Gasteiger partial charge < -0.3 is 10.2 Å². The summed E-state index contributed by atoms with van der Waals surface area (Å²) in [7, 11) is 3.58.